The second-order valence-electron chi connectivity index (χ2n) is 5.81. The zero-order chi connectivity index (χ0) is 20.9. The number of esters is 1. The van der Waals surface area contributed by atoms with Crippen LogP contribution in [0.2, 0.25) is 0 Å². The van der Waals surface area contributed by atoms with Gasteiger partial charge in [0.2, 0.25) is 0 Å². The van der Waals surface area contributed by atoms with Gasteiger partial charge in [-0.05, 0) is 37.1 Å². The Balaban J connectivity index is 1.98. The van der Waals surface area contributed by atoms with Crippen molar-refractivity contribution in [2.24, 2.45) is 0 Å². The van der Waals surface area contributed by atoms with Crippen molar-refractivity contribution in [1.29, 1.82) is 0 Å². The Bertz CT molecular complexity index is 743. The first-order valence-corrected chi connectivity index (χ1v) is 8.11. The molecule has 0 bridgehead atoms. The van der Waals surface area contributed by atoms with Crippen molar-refractivity contribution in [3.8, 4) is 5.75 Å². The van der Waals surface area contributed by atoms with E-state index < -0.39 is 55.0 Å². The average molecular weight is 411 g/mol. The van der Waals surface area contributed by atoms with Gasteiger partial charge in [0.25, 0.3) is 5.91 Å². The third-order valence-corrected chi connectivity index (χ3v) is 3.89. The summed E-state index contributed by atoms with van der Waals surface area (Å²) in [5, 5.41) is 0. The molecule has 1 atom stereocenters. The second kappa shape index (κ2) is 8.98. The van der Waals surface area contributed by atoms with Gasteiger partial charge in [-0.1, -0.05) is 0 Å². The van der Waals surface area contributed by atoms with Gasteiger partial charge in [0.1, 0.15) is 11.8 Å². The van der Waals surface area contributed by atoms with Crippen molar-refractivity contribution in [1.82, 2.24) is 4.90 Å². The molecule has 0 aliphatic carbocycles. The lowest BCUT2D eigenvalue weighted by Gasteiger charge is -2.23. The maximum Gasteiger partial charge on any atom is 0.573 e. The van der Waals surface area contributed by atoms with Crippen molar-refractivity contribution in [2.75, 3.05) is 13.2 Å². The largest absolute Gasteiger partial charge is 0.573 e. The smallest absolute Gasteiger partial charge is 0.464 e. The molecule has 1 amide bonds. The number of likely N-dealkylation sites (tertiary alicyclic amines) is 1. The molecule has 5 nitrogen and oxygen atoms in total. The zero-order valence-corrected chi connectivity index (χ0v) is 14.3. The lowest BCUT2D eigenvalue weighted by molar-refractivity contribution is -0.274. The number of benzene rings is 1. The van der Waals surface area contributed by atoms with Crippen LogP contribution < -0.4 is 4.74 Å². The van der Waals surface area contributed by atoms with E-state index in [4.69, 9.17) is 4.74 Å². The number of hydrogen-bond acceptors (Lipinski definition) is 4. The van der Waals surface area contributed by atoms with Crippen molar-refractivity contribution >= 4 is 11.9 Å². The number of carbonyl (C=O) groups is 2. The highest BCUT2D eigenvalue weighted by molar-refractivity contribution is 5.97. The molecule has 0 aromatic heterocycles. The van der Waals surface area contributed by atoms with Gasteiger partial charge in [0.05, 0.1) is 6.61 Å². The molecule has 1 saturated heterocycles. The van der Waals surface area contributed by atoms with Crippen LogP contribution in [-0.2, 0) is 9.53 Å². The molecule has 1 aromatic carbocycles. The highest BCUT2D eigenvalue weighted by Gasteiger charge is 2.36. The van der Waals surface area contributed by atoms with Crippen molar-refractivity contribution in [3.05, 3.63) is 41.7 Å². The van der Waals surface area contributed by atoms with Crippen LogP contribution in [-0.4, -0.2) is 42.3 Å². The summed E-state index contributed by atoms with van der Waals surface area (Å²) in [6, 6.07) is 3.18. The predicted molar refractivity (Wildman–Crippen MR) is 83.1 cm³/mol. The number of amides is 1. The van der Waals surface area contributed by atoms with Crippen LogP contribution in [0.4, 0.5) is 26.3 Å². The third-order valence-electron chi connectivity index (χ3n) is 3.89. The van der Waals surface area contributed by atoms with Crippen molar-refractivity contribution in [3.63, 3.8) is 0 Å². The van der Waals surface area contributed by atoms with E-state index in [1.807, 2.05) is 0 Å². The van der Waals surface area contributed by atoms with E-state index in [1.54, 1.807) is 0 Å². The quantitative estimate of drug-likeness (QED) is 0.520. The SMILES string of the molecule is O=C(OCCC(F)=C(F)F)[C@@H]1CCCN1C(=O)c1ccc(OC(F)(F)F)cc1. The van der Waals surface area contributed by atoms with Gasteiger partial charge in [-0.15, -0.1) is 13.2 Å². The van der Waals surface area contributed by atoms with Crippen LogP contribution in [0, 0.1) is 0 Å². The first kappa shape index (κ1) is 21.6. The molecule has 0 radical (unpaired) electrons. The van der Waals surface area contributed by atoms with Crippen LogP contribution in [0.5, 0.6) is 5.75 Å². The molecule has 1 heterocycles. The monoisotopic (exact) mass is 411 g/mol. The Morgan fingerprint density at radius 3 is 2.32 bits per heavy atom. The van der Waals surface area contributed by atoms with Gasteiger partial charge in [-0.3, -0.25) is 4.79 Å². The number of alkyl halides is 3. The van der Waals surface area contributed by atoms with Gasteiger partial charge in [0.15, 0.2) is 5.83 Å². The molecule has 1 aromatic rings. The summed E-state index contributed by atoms with van der Waals surface area (Å²) in [5.41, 5.74) is 0.0303. The van der Waals surface area contributed by atoms with Crippen LogP contribution in [0.25, 0.3) is 0 Å². The topological polar surface area (TPSA) is 55.8 Å². The molecule has 1 fully saturated rings. The summed E-state index contributed by atoms with van der Waals surface area (Å²) in [5.74, 6) is -3.67. The van der Waals surface area contributed by atoms with Gasteiger partial charge in [0, 0.05) is 18.5 Å². The zero-order valence-electron chi connectivity index (χ0n) is 14.3. The lowest BCUT2D eigenvalue weighted by Crippen LogP contribution is -2.41. The summed E-state index contributed by atoms with van der Waals surface area (Å²) in [7, 11) is 0. The Labute approximate surface area is 155 Å². The molecule has 2 rings (SSSR count). The maximum absolute atomic E-state index is 12.7. The molecule has 1 aliphatic heterocycles. The highest BCUT2D eigenvalue weighted by atomic mass is 19.4. The fourth-order valence-corrected chi connectivity index (χ4v) is 2.65. The highest BCUT2D eigenvalue weighted by Crippen LogP contribution is 2.25. The van der Waals surface area contributed by atoms with E-state index in [0.717, 1.165) is 24.3 Å². The Kier molecular flexibility index (Phi) is 6.92. The van der Waals surface area contributed by atoms with Gasteiger partial charge in [-0.25, -0.2) is 9.18 Å². The molecule has 154 valence electrons. The number of halogens is 6. The normalized spacial score (nSPS) is 16.6. The summed E-state index contributed by atoms with van der Waals surface area (Å²) in [4.78, 5) is 25.8. The lowest BCUT2D eigenvalue weighted by atomic mass is 10.1. The number of hydrogen-bond donors (Lipinski definition) is 0. The van der Waals surface area contributed by atoms with E-state index in [9.17, 15) is 35.9 Å². The molecule has 0 N–H and O–H groups in total. The minimum absolute atomic E-state index is 0.0303. The summed E-state index contributed by atoms with van der Waals surface area (Å²) in [6.45, 7) is -0.406. The minimum atomic E-state index is -4.87. The Hall–Kier alpha value is -2.72. The molecular weight excluding hydrogens is 396 g/mol. The van der Waals surface area contributed by atoms with E-state index in [1.165, 1.54) is 4.90 Å². The van der Waals surface area contributed by atoms with E-state index in [0.29, 0.717) is 6.42 Å². The fourth-order valence-electron chi connectivity index (χ4n) is 2.65. The standard InChI is InChI=1S/C17H15F6NO4/c18-12(14(19)20)7-9-27-16(26)13-2-1-8-24(13)15(25)10-3-5-11(6-4-10)28-17(21,22)23/h3-6,13H,1-2,7-9H2/t13-/m0/s1. The van der Waals surface area contributed by atoms with Crippen molar-refractivity contribution in [2.45, 2.75) is 31.7 Å². The number of rotatable bonds is 6. The Morgan fingerprint density at radius 1 is 1.11 bits per heavy atom. The molecular formula is C17H15F6NO4. The summed E-state index contributed by atoms with van der Waals surface area (Å²) >= 11 is 0. The van der Waals surface area contributed by atoms with E-state index >= 15 is 0 Å². The van der Waals surface area contributed by atoms with E-state index in [-0.39, 0.29) is 18.5 Å². The van der Waals surface area contributed by atoms with Gasteiger partial charge < -0.3 is 14.4 Å². The van der Waals surface area contributed by atoms with E-state index in [2.05, 4.69) is 4.74 Å². The minimum Gasteiger partial charge on any atom is -0.464 e. The predicted octanol–water partition coefficient (Wildman–Crippen LogP) is 4.20. The summed E-state index contributed by atoms with van der Waals surface area (Å²) in [6.07, 6.45) is -7.42. The molecule has 1 aliphatic rings. The van der Waals surface area contributed by atoms with Crippen LogP contribution >= 0.6 is 0 Å². The Morgan fingerprint density at radius 2 is 1.75 bits per heavy atom. The molecule has 28 heavy (non-hydrogen) atoms. The van der Waals surface area contributed by atoms with Gasteiger partial charge >= 0.3 is 18.4 Å². The average Bonchev–Trinajstić information content (AvgIpc) is 3.10. The number of carbonyl (C=O) groups excluding carboxylic acids is 2. The van der Waals surface area contributed by atoms with Crippen LogP contribution in [0.1, 0.15) is 29.6 Å². The fraction of sp³-hybridized carbons (Fsp3) is 0.412. The first-order valence-electron chi connectivity index (χ1n) is 8.11. The van der Waals surface area contributed by atoms with Crippen molar-refractivity contribution < 1.29 is 45.4 Å². The third kappa shape index (κ3) is 5.89. The molecule has 0 unspecified atom stereocenters. The molecule has 0 saturated carbocycles. The first-order chi connectivity index (χ1) is 13.1. The number of ether oxygens (including phenoxy) is 2. The van der Waals surface area contributed by atoms with Crippen LogP contribution in [0.15, 0.2) is 36.2 Å². The van der Waals surface area contributed by atoms with Gasteiger partial charge in [-0.2, -0.15) is 8.78 Å². The van der Waals surface area contributed by atoms with Crippen LogP contribution in [0.3, 0.4) is 0 Å². The molecule has 0 spiro atoms. The number of nitrogens with zero attached hydrogens (tertiary/aromatic N) is 1. The second-order valence-corrected chi connectivity index (χ2v) is 5.81. The summed E-state index contributed by atoms with van der Waals surface area (Å²) < 4.78 is 81.6. The molecule has 11 heteroatoms. The maximum atomic E-state index is 12.7.